The standard InChI is InChI=1S/C15H24N2O4S.ClH/c1-2-3-4-12-21-13-7-9-14(10-8-13)22(19,20)17-15(18)6-5-11-16;/h7-10H,2-6,11-12,16H2,1H3,(H,17,18);1H. The van der Waals surface area contributed by atoms with Gasteiger partial charge in [0.25, 0.3) is 10.0 Å². The summed E-state index contributed by atoms with van der Waals surface area (Å²) in [5.41, 5.74) is 5.28. The van der Waals surface area contributed by atoms with Gasteiger partial charge in [0, 0.05) is 6.42 Å². The SMILES string of the molecule is CCCCCOc1ccc(S(=O)(=O)NC(=O)CCCN)cc1.Cl. The van der Waals surface area contributed by atoms with E-state index >= 15 is 0 Å². The minimum absolute atomic E-state index is 0. The predicted octanol–water partition coefficient (Wildman–Crippen LogP) is 2.22. The summed E-state index contributed by atoms with van der Waals surface area (Å²) in [6.45, 7) is 3.06. The summed E-state index contributed by atoms with van der Waals surface area (Å²) in [4.78, 5) is 11.5. The number of ether oxygens (including phenoxy) is 1. The van der Waals surface area contributed by atoms with Crippen LogP contribution in [0.1, 0.15) is 39.0 Å². The summed E-state index contributed by atoms with van der Waals surface area (Å²) >= 11 is 0. The molecular weight excluding hydrogens is 340 g/mol. The van der Waals surface area contributed by atoms with Gasteiger partial charge in [-0.25, -0.2) is 13.1 Å². The van der Waals surface area contributed by atoms with Crippen LogP contribution in [0.5, 0.6) is 5.75 Å². The number of carbonyl (C=O) groups excluding carboxylic acids is 1. The summed E-state index contributed by atoms with van der Waals surface area (Å²) in [6, 6.07) is 6.02. The molecule has 0 radical (unpaired) electrons. The molecule has 0 saturated carbocycles. The van der Waals surface area contributed by atoms with Gasteiger partial charge in [-0.05, 0) is 43.7 Å². The second kappa shape index (κ2) is 11.3. The van der Waals surface area contributed by atoms with E-state index in [1.165, 1.54) is 12.1 Å². The van der Waals surface area contributed by atoms with Crippen molar-refractivity contribution in [3.63, 3.8) is 0 Å². The molecule has 0 aliphatic carbocycles. The van der Waals surface area contributed by atoms with Crippen molar-refractivity contribution < 1.29 is 17.9 Å². The lowest BCUT2D eigenvalue weighted by molar-refractivity contribution is -0.119. The zero-order valence-electron chi connectivity index (χ0n) is 13.3. The lowest BCUT2D eigenvalue weighted by Crippen LogP contribution is -2.30. The van der Waals surface area contributed by atoms with Crippen LogP contribution >= 0.6 is 12.4 Å². The third kappa shape index (κ3) is 8.20. The zero-order chi connectivity index (χ0) is 16.4. The molecule has 1 amide bonds. The molecule has 3 N–H and O–H groups in total. The van der Waals surface area contributed by atoms with Crippen LogP contribution in [-0.2, 0) is 14.8 Å². The molecule has 0 aliphatic rings. The van der Waals surface area contributed by atoms with E-state index in [4.69, 9.17) is 10.5 Å². The minimum Gasteiger partial charge on any atom is -0.494 e. The summed E-state index contributed by atoms with van der Waals surface area (Å²) in [6.07, 6.45) is 3.72. The van der Waals surface area contributed by atoms with Crippen molar-refractivity contribution in [2.24, 2.45) is 5.73 Å². The molecule has 0 atom stereocenters. The fraction of sp³-hybridized carbons (Fsp3) is 0.533. The van der Waals surface area contributed by atoms with Crippen molar-refractivity contribution in [2.45, 2.75) is 43.9 Å². The Hall–Kier alpha value is -1.31. The Balaban J connectivity index is 0.00000484. The first-order valence-corrected chi connectivity index (χ1v) is 8.96. The van der Waals surface area contributed by atoms with Gasteiger partial charge in [-0.15, -0.1) is 12.4 Å². The average Bonchev–Trinajstić information content (AvgIpc) is 2.49. The van der Waals surface area contributed by atoms with Crippen molar-refractivity contribution in [2.75, 3.05) is 13.2 Å². The maximum atomic E-state index is 12.0. The summed E-state index contributed by atoms with van der Waals surface area (Å²) in [5, 5.41) is 0. The lowest BCUT2D eigenvalue weighted by atomic mass is 10.3. The number of unbranched alkanes of at least 4 members (excludes halogenated alkanes) is 2. The second-order valence-corrected chi connectivity index (χ2v) is 6.63. The van der Waals surface area contributed by atoms with Crippen LogP contribution in [0.2, 0.25) is 0 Å². The first kappa shape index (κ1) is 21.7. The topological polar surface area (TPSA) is 98.5 Å². The number of halogens is 1. The van der Waals surface area contributed by atoms with Crippen molar-refractivity contribution in [1.82, 2.24) is 4.72 Å². The summed E-state index contributed by atoms with van der Waals surface area (Å²) < 4.78 is 31.6. The van der Waals surface area contributed by atoms with Crippen LogP contribution in [0.3, 0.4) is 0 Å². The second-order valence-electron chi connectivity index (χ2n) is 4.95. The number of rotatable bonds is 10. The molecule has 0 aliphatic heterocycles. The Morgan fingerprint density at radius 3 is 2.39 bits per heavy atom. The van der Waals surface area contributed by atoms with Gasteiger partial charge in [0.15, 0.2) is 0 Å². The highest BCUT2D eigenvalue weighted by atomic mass is 35.5. The maximum Gasteiger partial charge on any atom is 0.264 e. The van der Waals surface area contributed by atoms with Gasteiger partial charge in [-0.2, -0.15) is 0 Å². The number of hydrogen-bond acceptors (Lipinski definition) is 5. The third-order valence-electron chi connectivity index (χ3n) is 3.01. The molecule has 1 aromatic rings. The van der Waals surface area contributed by atoms with Gasteiger partial charge >= 0.3 is 0 Å². The minimum atomic E-state index is -3.83. The normalized spacial score (nSPS) is 10.7. The van der Waals surface area contributed by atoms with E-state index in [0.717, 1.165) is 19.3 Å². The zero-order valence-corrected chi connectivity index (χ0v) is 14.9. The third-order valence-corrected chi connectivity index (χ3v) is 4.40. The Labute approximate surface area is 144 Å². The van der Waals surface area contributed by atoms with Gasteiger partial charge in [0.1, 0.15) is 5.75 Å². The average molecular weight is 365 g/mol. The molecule has 1 aromatic carbocycles. The van der Waals surface area contributed by atoms with Crippen LogP contribution in [0.4, 0.5) is 0 Å². The molecule has 0 unspecified atom stereocenters. The number of benzene rings is 1. The fourth-order valence-electron chi connectivity index (χ4n) is 1.78. The van der Waals surface area contributed by atoms with Crippen LogP contribution in [-0.4, -0.2) is 27.5 Å². The molecule has 8 heteroatoms. The molecule has 0 heterocycles. The molecule has 23 heavy (non-hydrogen) atoms. The molecule has 0 spiro atoms. The van der Waals surface area contributed by atoms with Crippen LogP contribution < -0.4 is 15.2 Å². The Bertz CT molecular complexity index is 561. The van der Waals surface area contributed by atoms with Crippen molar-refractivity contribution >= 4 is 28.3 Å². The van der Waals surface area contributed by atoms with Gasteiger partial charge in [-0.1, -0.05) is 19.8 Å². The van der Waals surface area contributed by atoms with Gasteiger partial charge in [0.05, 0.1) is 11.5 Å². The van der Waals surface area contributed by atoms with Crippen LogP contribution in [0, 0.1) is 0 Å². The molecular formula is C15H25ClN2O4S. The molecule has 0 bridgehead atoms. The molecule has 6 nitrogen and oxygen atoms in total. The summed E-state index contributed by atoms with van der Waals surface area (Å²) in [7, 11) is -3.83. The van der Waals surface area contributed by atoms with E-state index in [1.807, 2.05) is 4.72 Å². The molecule has 0 fully saturated rings. The number of nitrogens with one attached hydrogen (secondary N) is 1. The predicted molar refractivity (Wildman–Crippen MR) is 92.3 cm³/mol. The van der Waals surface area contributed by atoms with E-state index < -0.39 is 15.9 Å². The molecule has 1 rings (SSSR count). The van der Waals surface area contributed by atoms with E-state index in [2.05, 4.69) is 6.92 Å². The van der Waals surface area contributed by atoms with Crippen molar-refractivity contribution in [1.29, 1.82) is 0 Å². The van der Waals surface area contributed by atoms with Gasteiger partial charge in [0.2, 0.25) is 5.91 Å². The van der Waals surface area contributed by atoms with E-state index in [9.17, 15) is 13.2 Å². The molecule has 132 valence electrons. The summed E-state index contributed by atoms with van der Waals surface area (Å²) in [5.74, 6) is 0.0647. The number of sulfonamides is 1. The number of amides is 1. The van der Waals surface area contributed by atoms with Crippen LogP contribution in [0.25, 0.3) is 0 Å². The van der Waals surface area contributed by atoms with Crippen molar-refractivity contribution in [3.05, 3.63) is 24.3 Å². The van der Waals surface area contributed by atoms with E-state index in [0.29, 0.717) is 25.3 Å². The van der Waals surface area contributed by atoms with Gasteiger partial charge in [-0.3, -0.25) is 4.79 Å². The number of carbonyl (C=O) groups is 1. The van der Waals surface area contributed by atoms with E-state index in [-0.39, 0.29) is 23.7 Å². The number of nitrogens with two attached hydrogens (primary N) is 1. The monoisotopic (exact) mass is 364 g/mol. The first-order valence-electron chi connectivity index (χ1n) is 7.48. The fourth-order valence-corrected chi connectivity index (χ4v) is 2.79. The first-order chi connectivity index (χ1) is 10.5. The Morgan fingerprint density at radius 2 is 1.83 bits per heavy atom. The largest absolute Gasteiger partial charge is 0.494 e. The molecule has 0 aromatic heterocycles. The van der Waals surface area contributed by atoms with Crippen LogP contribution in [0.15, 0.2) is 29.2 Å². The Kier molecular flexibility index (Phi) is 10.6. The molecule has 0 saturated heterocycles. The lowest BCUT2D eigenvalue weighted by Gasteiger charge is -2.09. The Morgan fingerprint density at radius 1 is 1.17 bits per heavy atom. The van der Waals surface area contributed by atoms with Crippen molar-refractivity contribution in [3.8, 4) is 5.75 Å². The smallest absolute Gasteiger partial charge is 0.264 e. The van der Waals surface area contributed by atoms with Gasteiger partial charge < -0.3 is 10.5 Å². The maximum absolute atomic E-state index is 12.0. The van der Waals surface area contributed by atoms with E-state index in [1.54, 1.807) is 12.1 Å². The highest BCUT2D eigenvalue weighted by molar-refractivity contribution is 7.90. The quantitative estimate of drug-likeness (QED) is 0.620. The highest BCUT2D eigenvalue weighted by Gasteiger charge is 2.17. The number of hydrogen-bond donors (Lipinski definition) is 2. The highest BCUT2D eigenvalue weighted by Crippen LogP contribution is 2.16.